The quantitative estimate of drug-likeness (QED) is 0.648. The van der Waals surface area contributed by atoms with Gasteiger partial charge in [-0.3, -0.25) is 4.55 Å². The van der Waals surface area contributed by atoms with Crippen LogP contribution in [0.25, 0.3) is 0 Å². The van der Waals surface area contributed by atoms with Crippen LogP contribution in [0, 0.1) is 0 Å². The lowest BCUT2D eigenvalue weighted by Gasteiger charge is -2.45. The second-order valence-corrected chi connectivity index (χ2v) is 7.76. The van der Waals surface area contributed by atoms with Gasteiger partial charge in [0, 0.05) is 19.6 Å². The Hall–Kier alpha value is -0.260. The molecule has 108 valence electrons. The summed E-state index contributed by atoms with van der Waals surface area (Å²) >= 11 is 0. The van der Waals surface area contributed by atoms with Crippen LogP contribution in [0.3, 0.4) is 0 Å². The van der Waals surface area contributed by atoms with E-state index in [4.69, 9.17) is 4.55 Å². The third kappa shape index (κ3) is 4.14. The van der Waals surface area contributed by atoms with Gasteiger partial charge in [-0.05, 0) is 14.0 Å². The van der Waals surface area contributed by atoms with Gasteiger partial charge in [0.1, 0.15) is 0 Å². The maximum atomic E-state index is 11.7. The van der Waals surface area contributed by atoms with E-state index in [9.17, 15) is 16.8 Å². The molecule has 1 aliphatic rings. The van der Waals surface area contributed by atoms with Crippen LogP contribution in [0.1, 0.15) is 6.92 Å². The lowest BCUT2D eigenvalue weighted by Crippen LogP contribution is -2.63. The van der Waals surface area contributed by atoms with Crippen LogP contribution in [0.15, 0.2) is 0 Å². The van der Waals surface area contributed by atoms with Crippen LogP contribution in [0.2, 0.25) is 0 Å². The van der Waals surface area contributed by atoms with Crippen molar-refractivity contribution in [3.63, 3.8) is 0 Å². The zero-order valence-corrected chi connectivity index (χ0v) is 12.2. The van der Waals surface area contributed by atoms with Crippen LogP contribution in [-0.4, -0.2) is 75.7 Å². The van der Waals surface area contributed by atoms with Crippen molar-refractivity contribution in [2.24, 2.45) is 0 Å². The first-order chi connectivity index (χ1) is 7.94. The summed E-state index contributed by atoms with van der Waals surface area (Å²) in [5.41, 5.74) is -1.03. The zero-order chi connectivity index (χ0) is 14.2. The van der Waals surface area contributed by atoms with Gasteiger partial charge in [0.2, 0.25) is 10.0 Å². The van der Waals surface area contributed by atoms with Crippen molar-refractivity contribution < 1.29 is 25.6 Å². The van der Waals surface area contributed by atoms with Crippen molar-refractivity contribution in [3.05, 3.63) is 0 Å². The predicted molar refractivity (Wildman–Crippen MR) is 65.0 cm³/mol. The molecule has 1 unspecified atom stereocenters. The first kappa shape index (κ1) is 15.8. The summed E-state index contributed by atoms with van der Waals surface area (Å²) in [4.78, 5) is 1.87. The summed E-state index contributed by atoms with van der Waals surface area (Å²) in [5, 5.41) is 0. The fourth-order valence-corrected chi connectivity index (χ4v) is 3.88. The van der Waals surface area contributed by atoms with Crippen LogP contribution in [0.5, 0.6) is 0 Å². The molecule has 0 aromatic rings. The smallest absolute Gasteiger partial charge is 0.303 e. The summed E-state index contributed by atoms with van der Waals surface area (Å²) in [5.74, 6) is 0. The van der Waals surface area contributed by atoms with Crippen LogP contribution in [-0.2, 0) is 24.6 Å². The average molecular weight is 302 g/mol. The van der Waals surface area contributed by atoms with Crippen molar-refractivity contribution in [2.75, 3.05) is 39.5 Å². The Morgan fingerprint density at radius 2 is 1.83 bits per heavy atom. The lowest BCUT2D eigenvalue weighted by atomic mass is 10.0. The molecule has 0 radical (unpaired) electrons. The van der Waals surface area contributed by atoms with Gasteiger partial charge in [0.25, 0.3) is 0 Å². The van der Waals surface area contributed by atoms with Crippen LogP contribution < -0.4 is 0 Å². The minimum Gasteiger partial charge on any atom is -0.303 e. The molecule has 0 bridgehead atoms. The van der Waals surface area contributed by atoms with Crippen molar-refractivity contribution in [1.82, 2.24) is 9.21 Å². The largest absolute Gasteiger partial charge is 0.397 e. The fourth-order valence-electron chi connectivity index (χ4n) is 2.16. The topological polar surface area (TPSA) is 104 Å². The second-order valence-electron chi connectivity index (χ2n) is 4.76. The molecule has 10 heteroatoms. The fraction of sp³-hybridized carbons (Fsp3) is 1.00. The Morgan fingerprint density at radius 3 is 2.28 bits per heavy atom. The van der Waals surface area contributed by atoms with Crippen molar-refractivity contribution in [3.8, 4) is 0 Å². The number of rotatable bonds is 4. The summed E-state index contributed by atoms with van der Waals surface area (Å²) in [6.07, 6.45) is 1.06. The highest BCUT2D eigenvalue weighted by Crippen LogP contribution is 2.24. The first-order valence-corrected chi connectivity index (χ1v) is 8.44. The molecule has 8 nitrogen and oxygen atoms in total. The highest BCUT2D eigenvalue weighted by molar-refractivity contribution is 7.88. The molecule has 0 spiro atoms. The molecule has 1 aliphatic heterocycles. The van der Waals surface area contributed by atoms with Gasteiger partial charge in [-0.1, -0.05) is 0 Å². The van der Waals surface area contributed by atoms with Crippen molar-refractivity contribution in [1.29, 1.82) is 0 Å². The Bertz CT molecular complexity index is 502. The molecule has 1 fully saturated rings. The van der Waals surface area contributed by atoms with Crippen LogP contribution in [0.4, 0.5) is 0 Å². The van der Waals surface area contributed by atoms with E-state index in [1.807, 2.05) is 4.90 Å². The summed E-state index contributed by atoms with van der Waals surface area (Å²) in [6, 6.07) is 0. The standard InChI is InChI=1S/C8H18N2O6S2/c1-8(7-16-18(13,14)15)6-9(2)4-5-10(8)17(3,11)12/h4-7H2,1-3H3,(H,13,14,15). The molecule has 0 aliphatic carbocycles. The van der Waals surface area contributed by atoms with Gasteiger partial charge >= 0.3 is 10.4 Å². The van der Waals surface area contributed by atoms with E-state index in [-0.39, 0.29) is 6.54 Å². The van der Waals surface area contributed by atoms with Gasteiger partial charge in [0.05, 0.1) is 18.4 Å². The number of nitrogens with zero attached hydrogens (tertiary/aromatic N) is 2. The molecular weight excluding hydrogens is 284 g/mol. The monoisotopic (exact) mass is 302 g/mol. The Kier molecular flexibility index (Phi) is 4.41. The molecule has 0 aromatic heterocycles. The molecule has 18 heavy (non-hydrogen) atoms. The van der Waals surface area contributed by atoms with E-state index >= 15 is 0 Å². The number of sulfonamides is 1. The van der Waals surface area contributed by atoms with Crippen molar-refractivity contribution in [2.45, 2.75) is 12.5 Å². The van der Waals surface area contributed by atoms with Gasteiger partial charge in [-0.15, -0.1) is 0 Å². The third-order valence-electron chi connectivity index (χ3n) is 2.82. The summed E-state index contributed by atoms with van der Waals surface area (Å²) in [6.45, 7) is 2.27. The van der Waals surface area contributed by atoms with E-state index in [0.29, 0.717) is 13.1 Å². The van der Waals surface area contributed by atoms with E-state index in [1.165, 1.54) is 4.31 Å². The lowest BCUT2D eigenvalue weighted by molar-refractivity contribution is 0.0431. The molecule has 0 amide bonds. The van der Waals surface area contributed by atoms with Gasteiger partial charge in [-0.2, -0.15) is 12.7 Å². The number of likely N-dealkylation sites (N-methyl/N-ethyl adjacent to an activating group) is 1. The minimum atomic E-state index is -4.59. The van der Waals surface area contributed by atoms with E-state index in [1.54, 1.807) is 14.0 Å². The molecule has 0 aromatic carbocycles. The van der Waals surface area contributed by atoms with E-state index in [2.05, 4.69) is 4.18 Å². The maximum Gasteiger partial charge on any atom is 0.397 e. The SMILES string of the molecule is CN1CCN(S(C)(=O)=O)C(C)(COS(=O)(=O)O)C1. The number of hydrogen-bond donors (Lipinski definition) is 1. The number of hydrogen-bond acceptors (Lipinski definition) is 6. The van der Waals surface area contributed by atoms with Crippen LogP contribution >= 0.6 is 0 Å². The minimum absolute atomic E-state index is 0.251. The third-order valence-corrected chi connectivity index (χ3v) is 4.66. The first-order valence-electron chi connectivity index (χ1n) is 5.22. The Balaban J connectivity index is 2.96. The number of piperazine rings is 1. The molecule has 1 rings (SSSR count). The molecule has 1 saturated heterocycles. The molecule has 1 heterocycles. The van der Waals surface area contributed by atoms with Gasteiger partial charge in [0.15, 0.2) is 0 Å². The Labute approximate surface area is 108 Å². The van der Waals surface area contributed by atoms with E-state index in [0.717, 1.165) is 6.26 Å². The zero-order valence-electron chi connectivity index (χ0n) is 10.5. The van der Waals surface area contributed by atoms with Gasteiger partial charge in [-0.25, -0.2) is 12.6 Å². The molecular formula is C8H18N2O6S2. The molecule has 1 N–H and O–H groups in total. The second kappa shape index (κ2) is 5.02. The molecule has 0 saturated carbocycles. The highest BCUT2D eigenvalue weighted by Gasteiger charge is 2.42. The predicted octanol–water partition coefficient (Wildman–Crippen LogP) is -1.23. The average Bonchev–Trinajstić information content (AvgIpc) is 2.11. The summed E-state index contributed by atoms with van der Waals surface area (Å²) < 4.78 is 58.7. The normalized spacial score (nSPS) is 28.4. The maximum absolute atomic E-state index is 11.7. The Morgan fingerprint density at radius 1 is 1.28 bits per heavy atom. The van der Waals surface area contributed by atoms with Gasteiger partial charge < -0.3 is 4.90 Å². The van der Waals surface area contributed by atoms with Crippen molar-refractivity contribution >= 4 is 20.4 Å². The summed E-state index contributed by atoms with van der Waals surface area (Å²) in [7, 11) is -6.27. The molecule has 1 atom stereocenters. The van der Waals surface area contributed by atoms with E-state index < -0.39 is 32.6 Å². The highest BCUT2D eigenvalue weighted by atomic mass is 32.3.